The van der Waals surface area contributed by atoms with Gasteiger partial charge in [0.05, 0.1) is 10.9 Å². The summed E-state index contributed by atoms with van der Waals surface area (Å²) in [6, 6.07) is 36.8. The van der Waals surface area contributed by atoms with Crippen LogP contribution in [0.5, 0.6) is 0 Å². The third kappa shape index (κ3) is 11.1. The quantitative estimate of drug-likeness (QED) is 0.113. The topological polar surface area (TPSA) is 0 Å². The van der Waals surface area contributed by atoms with Crippen molar-refractivity contribution < 1.29 is 20.8 Å². The van der Waals surface area contributed by atoms with Crippen molar-refractivity contribution in [1.82, 2.24) is 0 Å². The van der Waals surface area contributed by atoms with Crippen LogP contribution in [0.25, 0.3) is 0 Å². The van der Waals surface area contributed by atoms with Crippen LogP contribution in [0.3, 0.4) is 0 Å². The van der Waals surface area contributed by atoms with E-state index in [0.717, 1.165) is 8.95 Å². The molecule has 186 valence electrons. The van der Waals surface area contributed by atoms with Crippen LogP contribution < -0.4 is 0 Å². The minimum atomic E-state index is -11.1. The van der Waals surface area contributed by atoms with Crippen LogP contribution in [0, 0.1) is 0 Å². The standard InChI is InChI=1S/C24H17Br2S2.AsF6/c25-18-6-12-22(13-7-18)28(23-14-8-19(26)9-15-23)24-16-10-21(11-17-24)27-20-4-2-1-3-5-20;2-1(3,4,5,6)7/h1-17H;/q+1;-1. The molecule has 0 saturated carbocycles. The Hall–Kier alpha value is -1.32. The van der Waals surface area contributed by atoms with Crippen LogP contribution >= 0.6 is 43.6 Å². The van der Waals surface area contributed by atoms with E-state index in [-0.39, 0.29) is 10.9 Å². The Bertz CT molecular complexity index is 1190. The summed E-state index contributed by atoms with van der Waals surface area (Å²) in [6.45, 7) is 0. The fourth-order valence-corrected chi connectivity index (χ4v) is 6.23. The number of hydrogen-bond donors (Lipinski definition) is 0. The molecule has 0 nitrogen and oxygen atoms in total. The Kier molecular flexibility index (Phi) is 8.54. The van der Waals surface area contributed by atoms with Crippen LogP contribution in [-0.2, 0) is 10.9 Å². The molecule has 0 aliphatic rings. The van der Waals surface area contributed by atoms with Gasteiger partial charge >= 0.3 is 35.0 Å². The third-order valence-electron chi connectivity index (χ3n) is 4.14. The first kappa shape index (κ1) is 28.3. The van der Waals surface area contributed by atoms with E-state index in [1.165, 1.54) is 24.5 Å². The van der Waals surface area contributed by atoms with Gasteiger partial charge in [-0.15, -0.1) is 0 Å². The Labute approximate surface area is 224 Å². The first-order valence-corrected chi connectivity index (χ1v) is 17.7. The summed E-state index contributed by atoms with van der Waals surface area (Å²) in [5, 5.41) is 0. The van der Waals surface area contributed by atoms with E-state index in [1.54, 1.807) is 11.8 Å². The molecule has 0 aliphatic heterocycles. The van der Waals surface area contributed by atoms with E-state index in [4.69, 9.17) is 0 Å². The summed E-state index contributed by atoms with van der Waals surface area (Å²) in [7, 11) is -0.137. The molecule has 0 bridgehead atoms. The number of halogens is 8. The van der Waals surface area contributed by atoms with Crippen LogP contribution in [0.15, 0.2) is 137 Å². The predicted octanol–water partition coefficient (Wildman–Crippen LogP) is 10.6. The van der Waals surface area contributed by atoms with Crippen LogP contribution in [0.4, 0.5) is 20.8 Å². The molecule has 4 aromatic carbocycles. The van der Waals surface area contributed by atoms with E-state index in [0.29, 0.717) is 0 Å². The summed E-state index contributed by atoms with van der Waals surface area (Å²) in [5.74, 6) is 0. The zero-order chi connectivity index (χ0) is 25.8. The molecular formula is C24H17AsBr2F6S2. The molecule has 0 atom stereocenters. The maximum absolute atomic E-state index is 11.1. The summed E-state index contributed by atoms with van der Waals surface area (Å²) in [4.78, 5) is 6.46. The average molecular weight is 718 g/mol. The summed E-state index contributed by atoms with van der Waals surface area (Å²) < 4.78 is 61.6. The molecule has 0 unspecified atom stereocenters. The summed E-state index contributed by atoms with van der Waals surface area (Å²) in [5.41, 5.74) is 0. The van der Waals surface area contributed by atoms with Gasteiger partial charge in [0.2, 0.25) is 0 Å². The number of hydrogen-bond acceptors (Lipinski definition) is 1. The van der Waals surface area contributed by atoms with Crippen molar-refractivity contribution in [2.75, 3.05) is 0 Å². The zero-order valence-corrected chi connectivity index (χ0v) is 24.3. The predicted molar refractivity (Wildman–Crippen MR) is 140 cm³/mol. The molecule has 4 rings (SSSR count). The van der Waals surface area contributed by atoms with E-state index < -0.39 is 14.2 Å². The molecular weight excluding hydrogens is 701 g/mol. The molecule has 4 aromatic rings. The first-order valence-electron chi connectivity index (χ1n) is 9.79. The van der Waals surface area contributed by atoms with Gasteiger partial charge in [0.25, 0.3) is 0 Å². The van der Waals surface area contributed by atoms with Crippen LogP contribution in [0.2, 0.25) is 0 Å². The van der Waals surface area contributed by atoms with Crippen molar-refractivity contribution in [1.29, 1.82) is 0 Å². The Morgan fingerprint density at radius 2 is 0.800 bits per heavy atom. The van der Waals surface area contributed by atoms with Gasteiger partial charge in [0.15, 0.2) is 14.7 Å². The fourth-order valence-electron chi connectivity index (χ4n) is 2.82. The molecule has 35 heavy (non-hydrogen) atoms. The first-order chi connectivity index (χ1) is 16.1. The zero-order valence-electron chi connectivity index (χ0n) is 17.6. The molecule has 11 heteroatoms. The van der Waals surface area contributed by atoms with Gasteiger partial charge in [-0.1, -0.05) is 61.8 Å². The van der Waals surface area contributed by atoms with E-state index in [2.05, 4.69) is 135 Å². The summed E-state index contributed by atoms with van der Waals surface area (Å²) >= 11 is -2.16. The third-order valence-corrected chi connectivity index (χ3v) is 8.44. The molecule has 0 spiro atoms. The van der Waals surface area contributed by atoms with Crippen LogP contribution in [-0.4, -0.2) is 14.2 Å². The van der Waals surface area contributed by atoms with Crippen molar-refractivity contribution in [3.8, 4) is 0 Å². The summed E-state index contributed by atoms with van der Waals surface area (Å²) in [6.07, 6.45) is 0. The van der Waals surface area contributed by atoms with E-state index in [1.807, 2.05) is 0 Å². The minimum absolute atomic E-state index is 0.137. The van der Waals surface area contributed by atoms with E-state index >= 15 is 0 Å². The van der Waals surface area contributed by atoms with Gasteiger partial charge in [0.1, 0.15) is 0 Å². The van der Waals surface area contributed by atoms with Gasteiger partial charge in [-0.25, -0.2) is 0 Å². The fraction of sp³-hybridized carbons (Fsp3) is 0. The van der Waals surface area contributed by atoms with Gasteiger partial charge in [-0.05, 0) is 84.9 Å². The van der Waals surface area contributed by atoms with Crippen molar-refractivity contribution in [2.45, 2.75) is 24.5 Å². The second-order valence-electron chi connectivity index (χ2n) is 7.06. The normalized spacial score (nSPS) is 13.4. The molecule has 0 heterocycles. The molecule has 0 aromatic heterocycles. The maximum atomic E-state index is 9.91. The van der Waals surface area contributed by atoms with Crippen molar-refractivity contribution >= 4 is 68.7 Å². The van der Waals surface area contributed by atoms with Gasteiger partial charge in [0, 0.05) is 18.7 Å². The molecule has 0 saturated heterocycles. The van der Waals surface area contributed by atoms with Crippen molar-refractivity contribution in [3.63, 3.8) is 0 Å². The van der Waals surface area contributed by atoms with Crippen LogP contribution in [0.1, 0.15) is 0 Å². The molecule has 0 aliphatic carbocycles. The molecule has 0 radical (unpaired) electrons. The number of rotatable bonds is 5. The Morgan fingerprint density at radius 1 is 0.486 bits per heavy atom. The van der Waals surface area contributed by atoms with Gasteiger partial charge < -0.3 is 0 Å². The van der Waals surface area contributed by atoms with Crippen molar-refractivity contribution in [2.24, 2.45) is 0 Å². The molecule has 0 N–H and O–H groups in total. The van der Waals surface area contributed by atoms with Crippen molar-refractivity contribution in [3.05, 3.63) is 112 Å². The Balaban J connectivity index is 0.000000429. The second kappa shape index (κ2) is 10.6. The van der Waals surface area contributed by atoms with Gasteiger partial charge in [-0.2, -0.15) is 0 Å². The Morgan fingerprint density at radius 3 is 1.17 bits per heavy atom. The average Bonchev–Trinajstić information content (AvgIpc) is 2.76. The van der Waals surface area contributed by atoms with Gasteiger partial charge in [-0.3, -0.25) is 0 Å². The monoisotopic (exact) mass is 716 g/mol. The SMILES string of the molecule is Brc1ccc([S+](c2ccc(Br)cc2)c2ccc(Sc3ccccc3)cc2)cc1.F[As-](F)(F)(F)(F)F. The van der Waals surface area contributed by atoms with E-state index in [9.17, 15) is 20.8 Å². The molecule has 0 amide bonds. The number of benzene rings is 4. The second-order valence-corrected chi connectivity index (χ2v) is 16.1. The molecule has 0 fully saturated rings.